The molecular weight excluding hydrogens is 310 g/mol. The Morgan fingerprint density at radius 2 is 2.25 bits per heavy atom. The molecule has 1 atom stereocenters. The number of hydrogen-bond donors (Lipinski definition) is 2. The molecule has 1 fully saturated rings. The van der Waals surface area contributed by atoms with Crippen molar-refractivity contribution in [2.24, 2.45) is 0 Å². The smallest absolute Gasteiger partial charge is 0.259 e. The topological polar surface area (TPSA) is 89.5 Å². The highest BCUT2D eigenvalue weighted by Gasteiger charge is 2.25. The molecule has 7 nitrogen and oxygen atoms in total. The van der Waals surface area contributed by atoms with E-state index >= 15 is 0 Å². The summed E-state index contributed by atoms with van der Waals surface area (Å²) in [5, 5.41) is 5.53. The Balaban J connectivity index is 1.60. The summed E-state index contributed by atoms with van der Waals surface area (Å²) in [5.41, 5.74) is 1.36. The number of ether oxygens (including phenoxy) is 2. The zero-order valence-electron chi connectivity index (χ0n) is 12.7. The number of carbonyl (C=O) groups is 2. The van der Waals surface area contributed by atoms with Crippen LogP contribution in [0.5, 0.6) is 11.6 Å². The molecule has 1 aromatic heterocycles. The summed E-state index contributed by atoms with van der Waals surface area (Å²) in [6, 6.07) is 8.35. The summed E-state index contributed by atoms with van der Waals surface area (Å²) in [6.07, 6.45) is 2.75. The van der Waals surface area contributed by atoms with Crippen LogP contribution in [0.4, 0.5) is 11.4 Å². The molecule has 0 radical (unpaired) electrons. The zero-order valence-corrected chi connectivity index (χ0v) is 12.7. The number of pyridine rings is 1. The average molecular weight is 325 g/mol. The van der Waals surface area contributed by atoms with Crippen LogP contribution in [0.3, 0.4) is 0 Å². The second kappa shape index (κ2) is 5.93. The van der Waals surface area contributed by atoms with E-state index in [-0.39, 0.29) is 11.8 Å². The van der Waals surface area contributed by atoms with Crippen LogP contribution in [-0.2, 0) is 9.53 Å². The first kappa shape index (κ1) is 14.6. The molecule has 2 aliphatic rings. The molecule has 0 saturated carbocycles. The van der Waals surface area contributed by atoms with Gasteiger partial charge in [-0.15, -0.1) is 0 Å². The van der Waals surface area contributed by atoms with Crippen molar-refractivity contribution >= 4 is 23.2 Å². The highest BCUT2D eigenvalue weighted by atomic mass is 16.5. The van der Waals surface area contributed by atoms with E-state index in [0.29, 0.717) is 41.6 Å². The van der Waals surface area contributed by atoms with E-state index in [2.05, 4.69) is 15.6 Å². The second-order valence-electron chi connectivity index (χ2n) is 5.61. The lowest BCUT2D eigenvalue weighted by molar-refractivity contribution is -0.124. The molecule has 2 aromatic rings. The third-order valence-corrected chi connectivity index (χ3v) is 3.94. The molecule has 1 aromatic carbocycles. The van der Waals surface area contributed by atoms with Gasteiger partial charge in [0, 0.05) is 18.5 Å². The molecule has 1 unspecified atom stereocenters. The minimum Gasteiger partial charge on any atom is -0.436 e. The van der Waals surface area contributed by atoms with E-state index in [1.54, 1.807) is 36.5 Å². The monoisotopic (exact) mass is 325 g/mol. The first-order chi connectivity index (χ1) is 11.7. The first-order valence-corrected chi connectivity index (χ1v) is 7.71. The number of benzene rings is 1. The van der Waals surface area contributed by atoms with Crippen molar-refractivity contribution in [1.29, 1.82) is 0 Å². The highest BCUT2D eigenvalue weighted by Crippen LogP contribution is 2.34. The van der Waals surface area contributed by atoms with Crippen LogP contribution in [0.15, 0.2) is 36.5 Å². The number of hydrogen-bond acceptors (Lipinski definition) is 5. The number of rotatable bonds is 2. The Labute approximate surface area is 138 Å². The van der Waals surface area contributed by atoms with Gasteiger partial charge in [-0.2, -0.15) is 0 Å². The van der Waals surface area contributed by atoms with E-state index in [1.807, 2.05) is 0 Å². The van der Waals surface area contributed by atoms with Gasteiger partial charge >= 0.3 is 0 Å². The predicted octanol–water partition coefficient (Wildman–Crippen LogP) is 2.56. The maximum atomic E-state index is 12.4. The number of amides is 2. The fourth-order valence-electron chi connectivity index (χ4n) is 2.74. The lowest BCUT2D eigenvalue weighted by Gasteiger charge is -2.12. The van der Waals surface area contributed by atoms with Gasteiger partial charge in [0.05, 0.1) is 5.56 Å². The van der Waals surface area contributed by atoms with E-state index in [9.17, 15) is 9.59 Å². The molecule has 2 amide bonds. The van der Waals surface area contributed by atoms with Crippen LogP contribution in [0, 0.1) is 0 Å². The Kier molecular flexibility index (Phi) is 3.62. The number of aromatic nitrogens is 1. The number of nitrogens with one attached hydrogen (secondary N) is 2. The van der Waals surface area contributed by atoms with Crippen LogP contribution in [0.2, 0.25) is 0 Å². The third-order valence-electron chi connectivity index (χ3n) is 3.94. The van der Waals surface area contributed by atoms with Gasteiger partial charge in [-0.3, -0.25) is 9.59 Å². The summed E-state index contributed by atoms with van der Waals surface area (Å²) in [7, 11) is 0. The second-order valence-corrected chi connectivity index (χ2v) is 5.61. The van der Waals surface area contributed by atoms with E-state index in [4.69, 9.17) is 9.47 Å². The number of nitrogens with zero attached hydrogens (tertiary/aromatic N) is 1. The van der Waals surface area contributed by atoms with Gasteiger partial charge in [0.25, 0.3) is 11.8 Å². The van der Waals surface area contributed by atoms with Gasteiger partial charge in [0.1, 0.15) is 17.5 Å². The molecule has 122 valence electrons. The van der Waals surface area contributed by atoms with Crippen LogP contribution in [0.1, 0.15) is 23.2 Å². The summed E-state index contributed by atoms with van der Waals surface area (Å²) in [5.74, 6) is 0.207. The van der Waals surface area contributed by atoms with Crippen molar-refractivity contribution in [3.8, 4) is 11.6 Å². The molecule has 0 aliphatic carbocycles. The lowest BCUT2D eigenvalue weighted by atomic mass is 10.1. The van der Waals surface area contributed by atoms with E-state index in [0.717, 1.165) is 6.42 Å². The number of anilines is 2. The largest absolute Gasteiger partial charge is 0.436 e. The van der Waals surface area contributed by atoms with Gasteiger partial charge in [0.15, 0.2) is 0 Å². The maximum absolute atomic E-state index is 12.4. The van der Waals surface area contributed by atoms with Gasteiger partial charge < -0.3 is 20.1 Å². The van der Waals surface area contributed by atoms with Gasteiger partial charge in [-0.05, 0) is 43.2 Å². The molecule has 2 aliphatic heterocycles. The van der Waals surface area contributed by atoms with Gasteiger partial charge in [-0.1, -0.05) is 0 Å². The summed E-state index contributed by atoms with van der Waals surface area (Å²) < 4.78 is 11.1. The SMILES string of the molecule is O=C1Nc2cccnc2Oc2ccc(NC(=O)C3CCCO3)cc21. The van der Waals surface area contributed by atoms with Crippen molar-refractivity contribution in [2.45, 2.75) is 18.9 Å². The first-order valence-electron chi connectivity index (χ1n) is 7.71. The van der Waals surface area contributed by atoms with Crippen LogP contribution in [-0.4, -0.2) is 29.5 Å². The molecule has 2 N–H and O–H groups in total. The summed E-state index contributed by atoms with van der Waals surface area (Å²) in [4.78, 5) is 28.7. The standard InChI is InChI=1S/C17H15N3O4/c21-15-11-9-10(19-16(22)14-4-2-8-23-14)5-6-13(11)24-17-12(20-15)3-1-7-18-17/h1,3,5-7,9,14H,2,4,8H2,(H,19,22)(H,20,21). The van der Waals surface area contributed by atoms with Gasteiger partial charge in [0.2, 0.25) is 5.88 Å². The molecule has 7 heteroatoms. The highest BCUT2D eigenvalue weighted by molar-refractivity contribution is 6.08. The molecular formula is C17H15N3O4. The molecule has 3 heterocycles. The van der Waals surface area contributed by atoms with Crippen molar-refractivity contribution in [3.63, 3.8) is 0 Å². The molecule has 24 heavy (non-hydrogen) atoms. The van der Waals surface area contributed by atoms with Crippen molar-refractivity contribution in [1.82, 2.24) is 4.98 Å². The molecule has 0 bridgehead atoms. The lowest BCUT2D eigenvalue weighted by Crippen LogP contribution is -2.27. The number of fused-ring (bicyclic) bond motifs is 2. The van der Waals surface area contributed by atoms with E-state index < -0.39 is 6.10 Å². The minimum absolute atomic E-state index is 0.202. The van der Waals surface area contributed by atoms with Crippen molar-refractivity contribution in [3.05, 3.63) is 42.1 Å². The van der Waals surface area contributed by atoms with E-state index in [1.165, 1.54) is 0 Å². The third kappa shape index (κ3) is 2.69. The van der Waals surface area contributed by atoms with Crippen LogP contribution in [0.25, 0.3) is 0 Å². The Hall–Kier alpha value is -2.93. The zero-order chi connectivity index (χ0) is 16.5. The predicted molar refractivity (Wildman–Crippen MR) is 86.3 cm³/mol. The molecule has 1 saturated heterocycles. The van der Waals surface area contributed by atoms with Crippen molar-refractivity contribution in [2.75, 3.05) is 17.2 Å². The summed E-state index contributed by atoms with van der Waals surface area (Å²) >= 11 is 0. The number of carbonyl (C=O) groups excluding carboxylic acids is 2. The normalized spacial score (nSPS) is 18.7. The Morgan fingerprint density at radius 1 is 1.33 bits per heavy atom. The Morgan fingerprint density at radius 3 is 3.08 bits per heavy atom. The molecule has 0 spiro atoms. The fourth-order valence-corrected chi connectivity index (χ4v) is 2.74. The Bertz CT molecular complexity index is 815. The van der Waals surface area contributed by atoms with Crippen molar-refractivity contribution < 1.29 is 19.1 Å². The van der Waals surface area contributed by atoms with Crippen LogP contribution >= 0.6 is 0 Å². The van der Waals surface area contributed by atoms with Gasteiger partial charge in [-0.25, -0.2) is 4.98 Å². The molecule has 4 rings (SSSR count). The average Bonchev–Trinajstić information content (AvgIpc) is 3.08. The minimum atomic E-state index is -0.428. The summed E-state index contributed by atoms with van der Waals surface area (Å²) in [6.45, 7) is 0.601. The fraction of sp³-hybridized carbons (Fsp3) is 0.235. The maximum Gasteiger partial charge on any atom is 0.259 e. The quantitative estimate of drug-likeness (QED) is 0.886. The van der Waals surface area contributed by atoms with Crippen LogP contribution < -0.4 is 15.4 Å².